The molecule has 2 unspecified atom stereocenters. The van der Waals surface area contributed by atoms with E-state index < -0.39 is 26.5 Å². The Balaban J connectivity index is 3.83. The monoisotopic (exact) mass is 1190 g/mol. The number of allylic oxidation sites excluding steroid dienone is 8. The molecule has 2 atom stereocenters. The van der Waals surface area contributed by atoms with Crippen LogP contribution in [0.3, 0.4) is 0 Å². The molecule has 0 heterocycles. The van der Waals surface area contributed by atoms with Gasteiger partial charge < -0.3 is 20.1 Å². The van der Waals surface area contributed by atoms with Crippen molar-refractivity contribution in [2.24, 2.45) is 5.73 Å². The molecule has 3 N–H and O–H groups in total. The van der Waals surface area contributed by atoms with Gasteiger partial charge in [-0.15, -0.1) is 0 Å². The molecule has 0 radical (unpaired) electrons. The molecule has 0 aromatic rings. The maximum atomic E-state index is 12.8. The number of esters is 2. The molecule has 0 rings (SSSR count). The number of nitrogens with two attached hydrogens (primary N) is 1. The first-order chi connectivity index (χ1) is 40.8. The maximum absolute atomic E-state index is 12.8. The van der Waals surface area contributed by atoms with E-state index in [4.69, 9.17) is 24.3 Å². The van der Waals surface area contributed by atoms with Crippen LogP contribution in [0.2, 0.25) is 0 Å². The highest BCUT2D eigenvalue weighted by atomic mass is 31.2. The van der Waals surface area contributed by atoms with Gasteiger partial charge in [0.1, 0.15) is 6.61 Å². The molecule has 0 spiro atoms. The van der Waals surface area contributed by atoms with Crippen molar-refractivity contribution in [2.45, 2.75) is 380 Å². The number of carbonyl (C=O) groups excluding carboxylic acids is 2. The highest BCUT2D eigenvalue weighted by Crippen LogP contribution is 2.43. The number of phosphoric acid groups is 1. The highest BCUT2D eigenvalue weighted by Gasteiger charge is 2.26. The van der Waals surface area contributed by atoms with Crippen LogP contribution in [-0.2, 0) is 32.7 Å². The van der Waals surface area contributed by atoms with Gasteiger partial charge >= 0.3 is 19.8 Å². The summed E-state index contributed by atoms with van der Waals surface area (Å²) in [5, 5.41) is 0. The second-order valence-corrected chi connectivity index (χ2v) is 25.9. The molecular formula is C73H138NO8P. The summed E-state index contributed by atoms with van der Waals surface area (Å²) in [7, 11) is -4.39. The lowest BCUT2D eigenvalue weighted by Gasteiger charge is -2.19. The van der Waals surface area contributed by atoms with Crippen LogP contribution in [0.1, 0.15) is 373 Å². The first-order valence-corrected chi connectivity index (χ1v) is 37.6. The SMILES string of the molecule is CCCCCCC/C=C\C/C=C\C/C=C\CCCCCCCCCCCCCCCCCCC(=O)OC(COC(=O)CCCCCCCCCCCCCCCCCCCCC/C=C\CCCCCCCCCC)COP(=O)(O)OCCN. The van der Waals surface area contributed by atoms with Gasteiger partial charge in [-0.2, -0.15) is 0 Å². The van der Waals surface area contributed by atoms with Gasteiger partial charge in [0.2, 0.25) is 0 Å². The van der Waals surface area contributed by atoms with Crippen LogP contribution in [-0.4, -0.2) is 49.3 Å². The van der Waals surface area contributed by atoms with Gasteiger partial charge in [0.25, 0.3) is 0 Å². The van der Waals surface area contributed by atoms with Crippen LogP contribution in [0.5, 0.6) is 0 Å². The lowest BCUT2D eigenvalue weighted by atomic mass is 10.0. The summed E-state index contributed by atoms with van der Waals surface area (Å²) < 4.78 is 33.2. The minimum Gasteiger partial charge on any atom is -0.462 e. The van der Waals surface area contributed by atoms with Crippen molar-refractivity contribution < 1.29 is 37.6 Å². The Morgan fingerprint density at radius 3 is 0.940 bits per heavy atom. The summed E-state index contributed by atoms with van der Waals surface area (Å²) in [6.07, 6.45) is 87.9. The molecular weight excluding hydrogens is 1050 g/mol. The summed E-state index contributed by atoms with van der Waals surface area (Å²) in [4.78, 5) is 35.4. The Labute approximate surface area is 515 Å². The zero-order valence-electron chi connectivity index (χ0n) is 55.0. The van der Waals surface area contributed by atoms with Gasteiger partial charge in [-0.25, -0.2) is 4.57 Å². The molecule has 488 valence electrons. The number of ether oxygens (including phenoxy) is 2. The standard InChI is InChI=1S/C73H138NO8P/c1-3-5-7-9-11-13-15-17-19-21-23-25-27-29-31-33-35-37-39-41-43-45-47-49-51-53-55-57-59-61-63-65-72(75)79-69-71(70-81-83(77,78)80-68-67-74)82-73(76)66-64-62-60-58-56-54-52-50-48-46-44-42-40-38-36-34-32-30-28-26-24-22-20-18-16-14-12-10-8-6-4-2/h16,18,21-24,28,30,71H,3-15,17,19-20,25-27,29,31-70,74H2,1-2H3,(H,77,78)/b18-16-,23-21-,24-22-,30-28-. The molecule has 9 nitrogen and oxygen atoms in total. The molecule has 0 bridgehead atoms. The fourth-order valence-corrected chi connectivity index (χ4v) is 11.6. The van der Waals surface area contributed by atoms with Crippen LogP contribution in [0.25, 0.3) is 0 Å². The second-order valence-electron chi connectivity index (χ2n) is 24.5. The van der Waals surface area contributed by atoms with Gasteiger partial charge in [0.05, 0.1) is 13.2 Å². The van der Waals surface area contributed by atoms with Crippen LogP contribution >= 0.6 is 7.82 Å². The van der Waals surface area contributed by atoms with Crippen molar-refractivity contribution >= 4 is 19.8 Å². The van der Waals surface area contributed by atoms with Gasteiger partial charge in [0.15, 0.2) is 6.10 Å². The Bertz CT molecular complexity index is 1500. The molecule has 0 saturated heterocycles. The molecule has 10 heteroatoms. The Kier molecular flexibility index (Phi) is 67.4. The van der Waals surface area contributed by atoms with E-state index in [1.807, 2.05) is 0 Å². The fourth-order valence-electron chi connectivity index (χ4n) is 10.8. The maximum Gasteiger partial charge on any atom is 0.472 e. The molecule has 83 heavy (non-hydrogen) atoms. The van der Waals surface area contributed by atoms with E-state index >= 15 is 0 Å². The molecule has 0 aromatic heterocycles. The third-order valence-electron chi connectivity index (χ3n) is 16.2. The predicted octanol–water partition coefficient (Wildman–Crippen LogP) is 23.6. The zero-order chi connectivity index (χ0) is 60.1. The Morgan fingerprint density at radius 1 is 0.361 bits per heavy atom. The van der Waals surface area contributed by atoms with E-state index in [-0.39, 0.29) is 38.6 Å². The van der Waals surface area contributed by atoms with Crippen molar-refractivity contribution in [1.29, 1.82) is 0 Å². The first kappa shape index (κ1) is 81.0. The second kappa shape index (κ2) is 69.1. The highest BCUT2D eigenvalue weighted by molar-refractivity contribution is 7.47. The summed E-state index contributed by atoms with van der Waals surface area (Å²) >= 11 is 0. The molecule has 0 aliphatic rings. The van der Waals surface area contributed by atoms with E-state index in [0.717, 1.165) is 44.9 Å². The minimum absolute atomic E-state index is 0.0549. The third-order valence-corrected chi connectivity index (χ3v) is 17.2. The van der Waals surface area contributed by atoms with E-state index in [1.54, 1.807) is 0 Å². The summed E-state index contributed by atoms with van der Waals surface area (Å²) in [5.74, 6) is -0.808. The zero-order valence-corrected chi connectivity index (χ0v) is 55.8. The number of carbonyl (C=O) groups is 2. The number of phosphoric ester groups is 1. The third kappa shape index (κ3) is 68.9. The minimum atomic E-state index is -4.39. The molecule has 0 aromatic carbocycles. The molecule has 0 saturated carbocycles. The summed E-state index contributed by atoms with van der Waals surface area (Å²) in [5.41, 5.74) is 5.41. The average molecular weight is 1190 g/mol. The Morgan fingerprint density at radius 2 is 0.627 bits per heavy atom. The van der Waals surface area contributed by atoms with Crippen LogP contribution in [0, 0.1) is 0 Å². The van der Waals surface area contributed by atoms with Crippen molar-refractivity contribution in [3.05, 3.63) is 48.6 Å². The quantitative estimate of drug-likeness (QED) is 0.0264. The average Bonchev–Trinajstić information content (AvgIpc) is 3.48. The van der Waals surface area contributed by atoms with Gasteiger partial charge in [-0.05, 0) is 77.0 Å². The lowest BCUT2D eigenvalue weighted by molar-refractivity contribution is -0.161. The molecule has 0 amide bonds. The van der Waals surface area contributed by atoms with Crippen LogP contribution in [0.15, 0.2) is 48.6 Å². The number of hydrogen-bond acceptors (Lipinski definition) is 8. The molecule has 0 aliphatic heterocycles. The number of unbranched alkanes of at least 4 members (excludes halogenated alkanes) is 48. The van der Waals surface area contributed by atoms with E-state index in [2.05, 4.69) is 62.5 Å². The number of hydrogen-bond donors (Lipinski definition) is 2. The molecule has 0 aliphatic carbocycles. The predicted molar refractivity (Wildman–Crippen MR) is 358 cm³/mol. The smallest absolute Gasteiger partial charge is 0.462 e. The largest absolute Gasteiger partial charge is 0.472 e. The van der Waals surface area contributed by atoms with Gasteiger partial charge in [0, 0.05) is 19.4 Å². The summed E-state index contributed by atoms with van der Waals surface area (Å²) in [6.45, 7) is 3.80. The normalized spacial score (nSPS) is 13.2. The first-order valence-electron chi connectivity index (χ1n) is 36.1. The fraction of sp³-hybridized carbons (Fsp3) is 0.863. The van der Waals surface area contributed by atoms with Gasteiger partial charge in [-0.1, -0.05) is 332 Å². The van der Waals surface area contributed by atoms with Crippen LogP contribution in [0.4, 0.5) is 0 Å². The van der Waals surface area contributed by atoms with Crippen LogP contribution < -0.4 is 5.73 Å². The lowest BCUT2D eigenvalue weighted by Crippen LogP contribution is -2.29. The summed E-state index contributed by atoms with van der Waals surface area (Å²) in [6, 6.07) is 0. The van der Waals surface area contributed by atoms with Crippen molar-refractivity contribution in [3.63, 3.8) is 0 Å². The van der Waals surface area contributed by atoms with E-state index in [9.17, 15) is 19.0 Å². The van der Waals surface area contributed by atoms with E-state index in [0.29, 0.717) is 6.42 Å². The van der Waals surface area contributed by atoms with Gasteiger partial charge in [-0.3, -0.25) is 18.6 Å². The van der Waals surface area contributed by atoms with Crippen molar-refractivity contribution in [2.75, 3.05) is 26.4 Å². The topological polar surface area (TPSA) is 134 Å². The molecule has 0 fully saturated rings. The Hall–Kier alpha value is -2.03. The van der Waals surface area contributed by atoms with Crippen molar-refractivity contribution in [1.82, 2.24) is 0 Å². The van der Waals surface area contributed by atoms with Crippen molar-refractivity contribution in [3.8, 4) is 0 Å². The number of rotatable bonds is 69. The van der Waals surface area contributed by atoms with E-state index in [1.165, 1.54) is 295 Å².